The minimum absolute atomic E-state index is 1.01. The van der Waals surface area contributed by atoms with Crippen molar-refractivity contribution < 1.29 is 0 Å². The van der Waals surface area contributed by atoms with Gasteiger partial charge in [-0.3, -0.25) is 0 Å². The van der Waals surface area contributed by atoms with Crippen molar-refractivity contribution in [2.75, 3.05) is 0 Å². The molecule has 0 bridgehead atoms. The summed E-state index contributed by atoms with van der Waals surface area (Å²) in [6, 6.07) is 92.9. The third-order valence-corrected chi connectivity index (χ3v) is 16.4. The van der Waals surface area contributed by atoms with E-state index in [-0.39, 0.29) is 0 Å². The summed E-state index contributed by atoms with van der Waals surface area (Å²) in [6.45, 7) is 6.20. The van der Waals surface area contributed by atoms with Crippen LogP contribution < -0.4 is 10.4 Å². The van der Waals surface area contributed by atoms with Crippen molar-refractivity contribution in [3.8, 4) is 77.9 Å². The topological polar surface area (TPSA) is 0 Å². The summed E-state index contributed by atoms with van der Waals surface area (Å²) >= 11 is 0. The Morgan fingerprint density at radius 1 is 0.329 bits per heavy atom. The van der Waals surface area contributed by atoms with E-state index < -0.39 is 0 Å². The Labute approximate surface area is 462 Å². The number of benzene rings is 13. The summed E-state index contributed by atoms with van der Waals surface area (Å²) in [5.74, 6) is 0. The van der Waals surface area contributed by atoms with Crippen LogP contribution in [0.4, 0.5) is 0 Å². The Hall–Kier alpha value is -9.88. The van der Waals surface area contributed by atoms with Gasteiger partial charge in [0.2, 0.25) is 0 Å². The highest BCUT2D eigenvalue weighted by Crippen LogP contribution is 2.47. The summed E-state index contributed by atoms with van der Waals surface area (Å²) in [4.78, 5) is 0. The van der Waals surface area contributed by atoms with Crippen molar-refractivity contribution in [3.63, 3.8) is 0 Å². The zero-order valence-corrected chi connectivity index (χ0v) is 44.3. The molecule has 372 valence electrons. The molecule has 13 aromatic carbocycles. The smallest absolute Gasteiger partial charge is 0.00261 e. The molecule has 0 atom stereocenters. The molecular formula is C79H56. The van der Waals surface area contributed by atoms with Gasteiger partial charge < -0.3 is 0 Å². The Bertz CT molecular complexity index is 4570. The van der Waals surface area contributed by atoms with Crippen LogP contribution in [0, 0.1) is 0 Å². The fourth-order valence-electron chi connectivity index (χ4n) is 12.5. The average molecular weight is 1010 g/mol. The van der Waals surface area contributed by atoms with Crippen LogP contribution >= 0.6 is 0 Å². The summed E-state index contributed by atoms with van der Waals surface area (Å²) in [7, 11) is 0. The van der Waals surface area contributed by atoms with Crippen molar-refractivity contribution in [3.05, 3.63) is 296 Å². The molecule has 0 saturated carbocycles. The zero-order chi connectivity index (χ0) is 52.8. The van der Waals surface area contributed by atoms with Gasteiger partial charge >= 0.3 is 0 Å². The Balaban J connectivity index is 0.957. The molecule has 0 heterocycles. The molecule has 14 rings (SSSR count). The van der Waals surface area contributed by atoms with E-state index in [9.17, 15) is 0 Å². The molecule has 0 N–H and O–H groups in total. The van der Waals surface area contributed by atoms with Gasteiger partial charge in [0.1, 0.15) is 0 Å². The predicted octanol–water partition coefficient (Wildman–Crippen LogP) is 20.6. The Kier molecular flexibility index (Phi) is 12.2. The monoisotopic (exact) mass is 1000 g/mol. The van der Waals surface area contributed by atoms with Gasteiger partial charge in [0.25, 0.3) is 0 Å². The van der Waals surface area contributed by atoms with Gasteiger partial charge in [0, 0.05) is 0 Å². The van der Waals surface area contributed by atoms with Gasteiger partial charge in [-0.2, -0.15) is 0 Å². The standard InChI is InChI=1S/C79H56/c1-3-17-69-52(4-2)30-37-57-42-45-67(49-74(57)69)79-72-28-14-12-26-70(72)78(71-27-13-15-29-73(71)79)66-25-16-24-63(48-66)68-50-75(58-38-31-55(32-39-58)64-43-35-53-18-8-10-22-61(53)46-64)77(60-20-6-5-7-21-60)76(51-68)59-40-33-56(34-41-59)65-44-36-54-19-9-11-23-62(54)47-65/h3-4,6,8-51H,1,5,7H2,2H3/b52-4-,69-17+. The molecule has 79 heavy (non-hydrogen) atoms. The molecule has 0 aliphatic heterocycles. The first kappa shape index (κ1) is 47.6. The molecule has 0 spiro atoms. The lowest BCUT2D eigenvalue weighted by Crippen LogP contribution is -2.24. The molecule has 0 amide bonds. The highest BCUT2D eigenvalue weighted by molar-refractivity contribution is 6.22. The van der Waals surface area contributed by atoms with Crippen LogP contribution in [-0.4, -0.2) is 0 Å². The van der Waals surface area contributed by atoms with E-state index in [0.717, 1.165) is 12.8 Å². The van der Waals surface area contributed by atoms with Crippen molar-refractivity contribution in [1.29, 1.82) is 0 Å². The Morgan fingerprint density at radius 3 is 1.32 bits per heavy atom. The molecule has 0 fully saturated rings. The van der Waals surface area contributed by atoms with Crippen molar-refractivity contribution in [2.24, 2.45) is 0 Å². The SMILES string of the molecule is C=C/C=c1\c(=C/C)ccc2ccc(-c3c4ccccc4c(-c4cccc(-c5cc(-c6ccc(-c7ccc8ccccc8c7)cc6)c(C6=CCCC=C6)c(-c6ccc(-c7ccc8ccccc8c7)cc6)c5)c4)c4ccccc34)cc12. The van der Waals surface area contributed by atoms with E-state index in [2.05, 4.69) is 293 Å². The third-order valence-electron chi connectivity index (χ3n) is 16.4. The molecule has 13 aromatic rings. The quantitative estimate of drug-likeness (QED) is 0.126. The predicted molar refractivity (Wildman–Crippen MR) is 342 cm³/mol. The summed E-state index contributed by atoms with van der Waals surface area (Å²) < 4.78 is 0. The zero-order valence-electron chi connectivity index (χ0n) is 44.3. The van der Waals surface area contributed by atoms with Gasteiger partial charge in [-0.1, -0.05) is 255 Å². The molecule has 0 heteroatoms. The summed E-state index contributed by atoms with van der Waals surface area (Å²) in [5.41, 5.74) is 19.4. The van der Waals surface area contributed by atoms with E-state index in [1.54, 1.807) is 0 Å². The van der Waals surface area contributed by atoms with E-state index in [1.807, 2.05) is 6.08 Å². The van der Waals surface area contributed by atoms with Crippen LogP contribution in [0.15, 0.2) is 280 Å². The normalized spacial score (nSPS) is 13.0. The molecule has 0 unspecified atom stereocenters. The van der Waals surface area contributed by atoms with Crippen LogP contribution in [0.1, 0.15) is 25.3 Å². The van der Waals surface area contributed by atoms with Crippen LogP contribution in [0.3, 0.4) is 0 Å². The average Bonchev–Trinajstić information content (AvgIpc) is 3.61. The maximum absolute atomic E-state index is 4.09. The molecule has 0 saturated heterocycles. The fourth-order valence-corrected chi connectivity index (χ4v) is 12.5. The lowest BCUT2D eigenvalue weighted by Gasteiger charge is -2.22. The van der Waals surface area contributed by atoms with Crippen molar-refractivity contribution in [1.82, 2.24) is 0 Å². The molecule has 0 aromatic heterocycles. The second kappa shape index (κ2) is 20.2. The lowest BCUT2D eigenvalue weighted by molar-refractivity contribution is 1.04. The van der Waals surface area contributed by atoms with Gasteiger partial charge in [0.05, 0.1) is 0 Å². The second-order valence-corrected chi connectivity index (χ2v) is 21.0. The summed E-state index contributed by atoms with van der Waals surface area (Å²) in [5, 5.41) is 14.8. The van der Waals surface area contributed by atoms with Crippen LogP contribution in [0.25, 0.3) is 149 Å². The van der Waals surface area contributed by atoms with Crippen LogP contribution in [0.5, 0.6) is 0 Å². The van der Waals surface area contributed by atoms with E-state index in [0.29, 0.717) is 0 Å². The molecule has 0 radical (unpaired) electrons. The first-order valence-electron chi connectivity index (χ1n) is 27.7. The fraction of sp³-hybridized carbons (Fsp3) is 0.0380. The van der Waals surface area contributed by atoms with Gasteiger partial charge in [0.15, 0.2) is 0 Å². The molecule has 1 aliphatic carbocycles. The summed E-state index contributed by atoms with van der Waals surface area (Å²) in [6.07, 6.45) is 15.4. The number of rotatable bonds is 9. The first-order valence-corrected chi connectivity index (χ1v) is 27.7. The number of allylic oxidation sites excluding steroid dienone is 5. The first-order chi connectivity index (χ1) is 39.1. The van der Waals surface area contributed by atoms with Crippen molar-refractivity contribution in [2.45, 2.75) is 19.8 Å². The minimum atomic E-state index is 1.01. The van der Waals surface area contributed by atoms with E-state index in [4.69, 9.17) is 0 Å². The van der Waals surface area contributed by atoms with Gasteiger partial charge in [-0.25, -0.2) is 0 Å². The van der Waals surface area contributed by atoms with Crippen molar-refractivity contribution >= 4 is 71.6 Å². The van der Waals surface area contributed by atoms with Crippen LogP contribution in [0.2, 0.25) is 0 Å². The lowest BCUT2D eigenvalue weighted by atomic mass is 9.82. The van der Waals surface area contributed by atoms with E-state index in [1.165, 1.54) is 153 Å². The minimum Gasteiger partial charge on any atom is -0.0990 e. The van der Waals surface area contributed by atoms with Gasteiger partial charge in [-0.05, 0) is 209 Å². The molecule has 0 nitrogen and oxygen atoms in total. The Morgan fingerprint density at radius 2 is 0.785 bits per heavy atom. The van der Waals surface area contributed by atoms with Crippen LogP contribution in [-0.2, 0) is 0 Å². The maximum atomic E-state index is 4.09. The largest absolute Gasteiger partial charge is 0.0990 e. The van der Waals surface area contributed by atoms with Gasteiger partial charge in [-0.15, -0.1) is 0 Å². The highest BCUT2D eigenvalue weighted by Gasteiger charge is 2.21. The maximum Gasteiger partial charge on any atom is -0.00261 e. The third kappa shape index (κ3) is 8.69. The molecular weight excluding hydrogens is 949 g/mol. The molecule has 1 aliphatic rings. The second-order valence-electron chi connectivity index (χ2n) is 21.0. The number of hydrogen-bond acceptors (Lipinski definition) is 0. The highest BCUT2D eigenvalue weighted by atomic mass is 14.2. The number of hydrogen-bond donors (Lipinski definition) is 0. The van der Waals surface area contributed by atoms with E-state index >= 15 is 0 Å². The number of fused-ring (bicyclic) bond motifs is 5.